The largest absolute Gasteiger partial charge is 0.455 e. The zero-order chi connectivity index (χ0) is 22.8. The zero-order valence-electron chi connectivity index (χ0n) is 17.9. The van der Waals surface area contributed by atoms with Gasteiger partial charge >= 0.3 is 5.97 Å². The topological polar surface area (TPSA) is 132 Å². The van der Waals surface area contributed by atoms with Crippen molar-refractivity contribution in [1.82, 2.24) is 35.6 Å². The summed E-state index contributed by atoms with van der Waals surface area (Å²) in [5, 5.41) is 33.9. The predicted octanol–water partition coefficient (Wildman–Crippen LogP) is 2.27. The number of hydrogen-bond acceptors (Lipinski definition) is 8. The van der Waals surface area contributed by atoms with Gasteiger partial charge in [-0.25, -0.2) is 9.48 Å². The van der Waals surface area contributed by atoms with E-state index in [0.29, 0.717) is 11.1 Å². The highest BCUT2D eigenvalue weighted by Crippen LogP contribution is 2.43. The minimum Gasteiger partial charge on any atom is -0.455 e. The van der Waals surface area contributed by atoms with E-state index in [1.165, 1.54) is 10.9 Å². The fourth-order valence-electron chi connectivity index (χ4n) is 3.59. The number of ether oxygens (including phenoxy) is 1. The number of esters is 1. The molecule has 1 unspecified atom stereocenters. The average Bonchev–Trinajstić information content (AvgIpc) is 3.48. The number of hydrogen-bond donors (Lipinski definition) is 2. The minimum atomic E-state index is -1.35. The lowest BCUT2D eigenvalue weighted by molar-refractivity contribution is 0.00623. The molecule has 10 heteroatoms. The summed E-state index contributed by atoms with van der Waals surface area (Å²) >= 11 is 0. The van der Waals surface area contributed by atoms with Gasteiger partial charge in [-0.05, 0) is 31.9 Å². The van der Waals surface area contributed by atoms with Crippen LogP contribution in [0.1, 0.15) is 54.3 Å². The van der Waals surface area contributed by atoms with E-state index in [1.54, 1.807) is 20.8 Å². The first kappa shape index (κ1) is 21.3. The van der Waals surface area contributed by atoms with Crippen molar-refractivity contribution in [2.75, 3.05) is 0 Å². The van der Waals surface area contributed by atoms with Gasteiger partial charge < -0.3 is 9.84 Å². The normalized spacial score (nSPS) is 13.0. The molecule has 0 bridgehead atoms. The maximum absolute atomic E-state index is 12.6. The van der Waals surface area contributed by atoms with Crippen LogP contribution in [-0.2, 0) is 10.3 Å². The van der Waals surface area contributed by atoms with Crippen molar-refractivity contribution in [3.63, 3.8) is 0 Å². The molecule has 2 aromatic heterocycles. The number of aromatic nitrogens is 7. The summed E-state index contributed by atoms with van der Waals surface area (Å²) in [6.07, 6.45) is 0.136. The summed E-state index contributed by atoms with van der Waals surface area (Å²) in [7, 11) is 0. The second-order valence-corrected chi connectivity index (χ2v) is 8.22. The Hall–Kier alpha value is -3.92. The molecule has 0 saturated carbocycles. The number of aliphatic hydroxyl groups is 1. The molecule has 164 valence electrons. The quantitative estimate of drug-likeness (QED) is 0.443. The summed E-state index contributed by atoms with van der Waals surface area (Å²) in [5.74, 6) is -0.556. The maximum atomic E-state index is 12.6. The number of carbonyl (C=O) groups excluding carboxylic acids is 1. The molecule has 0 radical (unpaired) electrons. The van der Waals surface area contributed by atoms with Crippen molar-refractivity contribution in [3.8, 4) is 0 Å². The van der Waals surface area contributed by atoms with Gasteiger partial charge in [-0.1, -0.05) is 71.1 Å². The summed E-state index contributed by atoms with van der Waals surface area (Å²) in [4.78, 5) is 12.6. The van der Waals surface area contributed by atoms with Crippen molar-refractivity contribution in [3.05, 3.63) is 89.5 Å². The Labute approximate surface area is 184 Å². The Morgan fingerprint density at radius 1 is 1.00 bits per heavy atom. The first-order valence-electron chi connectivity index (χ1n) is 10.0. The van der Waals surface area contributed by atoms with Gasteiger partial charge in [0.05, 0.1) is 6.20 Å². The number of H-pyrrole nitrogens is 1. The molecular weight excluding hydrogens is 410 g/mol. The Morgan fingerprint density at radius 3 is 2.09 bits per heavy atom. The van der Waals surface area contributed by atoms with E-state index in [1.807, 2.05) is 60.7 Å². The van der Waals surface area contributed by atoms with Crippen LogP contribution in [0.3, 0.4) is 0 Å². The van der Waals surface area contributed by atoms with Crippen LogP contribution < -0.4 is 0 Å². The lowest BCUT2D eigenvalue weighted by Crippen LogP contribution is -2.43. The zero-order valence-corrected chi connectivity index (χ0v) is 17.9. The molecule has 0 spiro atoms. The first-order valence-corrected chi connectivity index (χ1v) is 10.0. The summed E-state index contributed by atoms with van der Waals surface area (Å²) in [6.45, 7) is 5.31. The minimum absolute atomic E-state index is 0.0106. The van der Waals surface area contributed by atoms with Crippen LogP contribution in [0.5, 0.6) is 0 Å². The van der Waals surface area contributed by atoms with Gasteiger partial charge in [0.2, 0.25) is 5.82 Å². The van der Waals surface area contributed by atoms with Crippen LogP contribution in [0.2, 0.25) is 0 Å². The standard InChI is InChI=1S/C22H23N7O3/c1-21(2,3)32-20(31)17-14-29(28-23-17)22(15-10-6-4-7-11-15,16-12-8-5-9-13-16)18(30)19-24-26-27-25-19/h4-14,18,30H,1-3H3,(H,24,25,26,27). The molecule has 4 rings (SSSR count). The lowest BCUT2D eigenvalue weighted by Gasteiger charge is -2.37. The number of aromatic amines is 1. The number of nitrogens with zero attached hydrogens (tertiary/aromatic N) is 6. The molecule has 2 heterocycles. The van der Waals surface area contributed by atoms with Gasteiger partial charge in [0.15, 0.2) is 11.8 Å². The van der Waals surface area contributed by atoms with E-state index in [4.69, 9.17) is 4.74 Å². The Morgan fingerprint density at radius 2 is 1.59 bits per heavy atom. The van der Waals surface area contributed by atoms with Crippen LogP contribution in [0.4, 0.5) is 0 Å². The van der Waals surface area contributed by atoms with E-state index in [9.17, 15) is 9.90 Å². The van der Waals surface area contributed by atoms with Gasteiger partial charge in [0, 0.05) is 0 Å². The molecule has 10 nitrogen and oxygen atoms in total. The van der Waals surface area contributed by atoms with Crippen LogP contribution in [0.15, 0.2) is 66.9 Å². The van der Waals surface area contributed by atoms with Crippen LogP contribution >= 0.6 is 0 Å². The Kier molecular flexibility index (Phi) is 5.54. The van der Waals surface area contributed by atoms with E-state index in [-0.39, 0.29) is 11.5 Å². The van der Waals surface area contributed by atoms with Crippen molar-refractivity contribution in [2.45, 2.75) is 38.0 Å². The fraction of sp³-hybridized carbons (Fsp3) is 0.273. The number of carbonyl (C=O) groups is 1. The van der Waals surface area contributed by atoms with Crippen molar-refractivity contribution >= 4 is 5.97 Å². The third-order valence-electron chi connectivity index (χ3n) is 4.89. The molecule has 2 N–H and O–H groups in total. The first-order chi connectivity index (χ1) is 15.3. The fourth-order valence-corrected chi connectivity index (χ4v) is 3.59. The second kappa shape index (κ2) is 8.31. The molecular formula is C22H23N7O3. The molecule has 0 aliphatic carbocycles. The highest BCUT2D eigenvalue weighted by molar-refractivity contribution is 5.87. The molecule has 2 aromatic carbocycles. The SMILES string of the molecule is CC(C)(C)OC(=O)c1cn(C(c2ccccc2)(c2ccccc2)C(O)c2nn[nH]n2)nn1. The van der Waals surface area contributed by atoms with Gasteiger partial charge in [-0.15, -0.1) is 15.3 Å². The van der Waals surface area contributed by atoms with Gasteiger partial charge in [0.1, 0.15) is 11.1 Å². The van der Waals surface area contributed by atoms with Crippen molar-refractivity contribution in [2.24, 2.45) is 0 Å². The lowest BCUT2D eigenvalue weighted by atomic mass is 9.77. The summed E-state index contributed by atoms with van der Waals surface area (Å²) < 4.78 is 6.88. The molecule has 1 atom stereocenters. The molecule has 0 saturated heterocycles. The van der Waals surface area contributed by atoms with E-state index in [2.05, 4.69) is 30.9 Å². The summed E-state index contributed by atoms with van der Waals surface area (Å²) in [5.41, 5.74) is -0.662. The van der Waals surface area contributed by atoms with E-state index >= 15 is 0 Å². The molecule has 0 aliphatic rings. The number of benzene rings is 2. The second-order valence-electron chi connectivity index (χ2n) is 8.22. The average molecular weight is 433 g/mol. The number of nitrogens with one attached hydrogen (secondary N) is 1. The molecule has 0 fully saturated rings. The van der Waals surface area contributed by atoms with Gasteiger partial charge in [-0.3, -0.25) is 0 Å². The predicted molar refractivity (Wildman–Crippen MR) is 113 cm³/mol. The van der Waals surface area contributed by atoms with Gasteiger partial charge in [0.25, 0.3) is 0 Å². The molecule has 4 aromatic rings. The van der Waals surface area contributed by atoms with Crippen LogP contribution in [-0.4, -0.2) is 52.3 Å². The monoisotopic (exact) mass is 433 g/mol. The highest BCUT2D eigenvalue weighted by atomic mass is 16.6. The third-order valence-corrected chi connectivity index (χ3v) is 4.89. The highest BCUT2D eigenvalue weighted by Gasteiger charge is 2.47. The summed E-state index contributed by atoms with van der Waals surface area (Å²) in [6, 6.07) is 18.5. The van der Waals surface area contributed by atoms with E-state index in [0.717, 1.165) is 0 Å². The maximum Gasteiger partial charge on any atom is 0.361 e. The molecule has 32 heavy (non-hydrogen) atoms. The van der Waals surface area contributed by atoms with E-state index < -0.39 is 23.2 Å². The smallest absolute Gasteiger partial charge is 0.361 e. The van der Waals surface area contributed by atoms with Crippen molar-refractivity contribution < 1.29 is 14.6 Å². The van der Waals surface area contributed by atoms with Crippen LogP contribution in [0.25, 0.3) is 0 Å². The third kappa shape index (κ3) is 3.87. The Bertz CT molecular complexity index is 1130. The number of rotatable bonds is 6. The van der Waals surface area contributed by atoms with Crippen LogP contribution in [0, 0.1) is 0 Å². The molecule has 0 amide bonds. The van der Waals surface area contributed by atoms with Crippen molar-refractivity contribution in [1.29, 1.82) is 0 Å². The number of aliphatic hydroxyl groups excluding tert-OH is 1. The Balaban J connectivity index is 1.95. The van der Waals surface area contributed by atoms with Gasteiger partial charge in [-0.2, -0.15) is 5.21 Å². The molecule has 0 aliphatic heterocycles. The number of tetrazole rings is 1.